The van der Waals surface area contributed by atoms with Crippen molar-refractivity contribution >= 4 is 11.8 Å². The largest absolute Gasteiger partial charge is 0.369 e. The summed E-state index contributed by atoms with van der Waals surface area (Å²) in [5.74, 6) is 0.182. The Morgan fingerprint density at radius 2 is 1.82 bits per heavy atom. The number of pyridine rings is 1. The molecule has 0 bridgehead atoms. The van der Waals surface area contributed by atoms with Crippen LogP contribution in [0.4, 0.5) is 0 Å². The summed E-state index contributed by atoms with van der Waals surface area (Å²) >= 11 is 0. The predicted molar refractivity (Wildman–Crippen MR) is 130 cm³/mol. The van der Waals surface area contributed by atoms with Gasteiger partial charge in [-0.25, -0.2) is 0 Å². The maximum Gasteiger partial charge on any atom is 0.236 e. The SMILES string of the molecule is Cc1cc(Cc2ccccc2C)cc([C@@H]2CCCN(CC(=O)N3CCC(C(N)=O)CC3)C2)n1. The molecule has 176 valence electrons. The Labute approximate surface area is 197 Å². The number of carbonyl (C=O) groups excluding carboxylic acids is 2. The lowest BCUT2D eigenvalue weighted by atomic mass is 9.91. The van der Waals surface area contributed by atoms with Crippen LogP contribution < -0.4 is 5.73 Å². The van der Waals surface area contributed by atoms with Gasteiger partial charge in [-0.15, -0.1) is 0 Å². The lowest BCUT2D eigenvalue weighted by Gasteiger charge is -2.35. The van der Waals surface area contributed by atoms with Gasteiger partial charge >= 0.3 is 0 Å². The van der Waals surface area contributed by atoms with E-state index < -0.39 is 0 Å². The Hall–Kier alpha value is -2.73. The van der Waals surface area contributed by atoms with Crippen molar-refractivity contribution in [3.8, 4) is 0 Å². The van der Waals surface area contributed by atoms with Crippen LogP contribution in [-0.2, 0) is 16.0 Å². The maximum absolute atomic E-state index is 12.9. The van der Waals surface area contributed by atoms with E-state index >= 15 is 0 Å². The molecule has 2 amide bonds. The highest BCUT2D eigenvalue weighted by molar-refractivity contribution is 5.80. The van der Waals surface area contributed by atoms with Gasteiger partial charge in [0.15, 0.2) is 0 Å². The summed E-state index contributed by atoms with van der Waals surface area (Å²) in [5.41, 5.74) is 11.6. The monoisotopic (exact) mass is 448 g/mol. The lowest BCUT2D eigenvalue weighted by Crippen LogP contribution is -2.47. The first-order valence-electron chi connectivity index (χ1n) is 12.2. The minimum atomic E-state index is -0.242. The second-order valence-corrected chi connectivity index (χ2v) is 9.78. The number of primary amides is 1. The minimum absolute atomic E-state index is 0.0883. The van der Waals surface area contributed by atoms with Gasteiger partial charge in [0, 0.05) is 42.9 Å². The molecule has 1 aromatic carbocycles. The number of carbonyl (C=O) groups is 2. The van der Waals surface area contributed by atoms with Gasteiger partial charge in [0.25, 0.3) is 0 Å². The van der Waals surface area contributed by atoms with Crippen LogP contribution in [-0.4, -0.2) is 59.3 Å². The van der Waals surface area contributed by atoms with E-state index in [0.717, 1.165) is 43.7 Å². The number of aryl methyl sites for hydroxylation is 2. The summed E-state index contributed by atoms with van der Waals surface area (Å²) in [4.78, 5) is 33.3. The minimum Gasteiger partial charge on any atom is -0.369 e. The van der Waals surface area contributed by atoms with E-state index in [9.17, 15) is 9.59 Å². The van der Waals surface area contributed by atoms with Gasteiger partial charge < -0.3 is 10.6 Å². The third kappa shape index (κ3) is 5.99. The molecule has 1 atom stereocenters. The summed E-state index contributed by atoms with van der Waals surface area (Å²) in [6.07, 6.45) is 4.46. The number of piperidine rings is 2. The van der Waals surface area contributed by atoms with E-state index in [1.165, 1.54) is 16.7 Å². The third-order valence-electron chi connectivity index (χ3n) is 7.22. The molecule has 4 rings (SSSR count). The first-order valence-corrected chi connectivity index (χ1v) is 12.2. The van der Waals surface area contributed by atoms with Crippen LogP contribution in [0.3, 0.4) is 0 Å². The van der Waals surface area contributed by atoms with Gasteiger partial charge in [0.1, 0.15) is 0 Å². The van der Waals surface area contributed by atoms with Crippen molar-refractivity contribution in [3.05, 3.63) is 64.5 Å². The molecule has 2 fully saturated rings. The molecular formula is C27H36N4O2. The molecule has 6 nitrogen and oxygen atoms in total. The molecule has 2 aromatic rings. The highest BCUT2D eigenvalue weighted by atomic mass is 16.2. The van der Waals surface area contributed by atoms with Crippen LogP contribution in [0.5, 0.6) is 0 Å². The Bertz CT molecular complexity index is 997. The van der Waals surface area contributed by atoms with E-state index in [1.54, 1.807) is 0 Å². The van der Waals surface area contributed by atoms with E-state index in [4.69, 9.17) is 10.7 Å². The molecule has 0 aliphatic carbocycles. The fourth-order valence-electron chi connectivity index (χ4n) is 5.25. The Morgan fingerprint density at radius 1 is 1.06 bits per heavy atom. The predicted octanol–water partition coefficient (Wildman–Crippen LogP) is 3.19. The number of nitrogens with two attached hydrogens (primary N) is 1. The molecule has 0 saturated carbocycles. The molecule has 1 aromatic heterocycles. The van der Waals surface area contributed by atoms with Crippen molar-refractivity contribution in [3.63, 3.8) is 0 Å². The van der Waals surface area contributed by atoms with Crippen molar-refractivity contribution < 1.29 is 9.59 Å². The van der Waals surface area contributed by atoms with Gasteiger partial charge in [-0.2, -0.15) is 0 Å². The van der Waals surface area contributed by atoms with Crippen LogP contribution in [0.2, 0.25) is 0 Å². The number of aromatic nitrogens is 1. The van der Waals surface area contributed by atoms with Crippen LogP contribution in [0, 0.1) is 19.8 Å². The summed E-state index contributed by atoms with van der Waals surface area (Å²) in [6, 6.07) is 13.0. The van der Waals surface area contributed by atoms with Crippen LogP contribution in [0.1, 0.15) is 59.7 Å². The zero-order valence-electron chi connectivity index (χ0n) is 19.9. The van der Waals surface area contributed by atoms with E-state index in [-0.39, 0.29) is 17.7 Å². The van der Waals surface area contributed by atoms with Crippen molar-refractivity contribution in [2.75, 3.05) is 32.7 Å². The molecule has 2 saturated heterocycles. The fourth-order valence-corrected chi connectivity index (χ4v) is 5.25. The molecule has 33 heavy (non-hydrogen) atoms. The maximum atomic E-state index is 12.9. The average molecular weight is 449 g/mol. The summed E-state index contributed by atoms with van der Waals surface area (Å²) in [7, 11) is 0. The van der Waals surface area contributed by atoms with Gasteiger partial charge in [-0.3, -0.25) is 19.5 Å². The molecule has 0 spiro atoms. The standard InChI is InChI=1S/C27H36N4O2/c1-19-6-3-4-7-23(19)15-21-14-20(2)29-25(16-21)24-8-5-11-30(17-24)18-26(32)31-12-9-22(10-13-31)27(28)33/h3-4,6-7,14,16,22,24H,5,8-13,15,17-18H2,1-2H3,(H2,28,33)/t24-/m1/s1. The first-order chi connectivity index (χ1) is 15.9. The number of hydrogen-bond donors (Lipinski definition) is 1. The number of likely N-dealkylation sites (tertiary alicyclic amines) is 2. The van der Waals surface area contributed by atoms with Gasteiger partial charge in [0.2, 0.25) is 11.8 Å². The van der Waals surface area contributed by atoms with Crippen molar-refractivity contribution in [1.29, 1.82) is 0 Å². The average Bonchev–Trinajstić information content (AvgIpc) is 2.80. The zero-order valence-corrected chi connectivity index (χ0v) is 19.9. The van der Waals surface area contributed by atoms with Crippen molar-refractivity contribution in [2.45, 2.75) is 51.9 Å². The fraction of sp³-hybridized carbons (Fsp3) is 0.519. The number of hydrogen-bond acceptors (Lipinski definition) is 4. The Morgan fingerprint density at radius 3 is 2.55 bits per heavy atom. The molecular weight excluding hydrogens is 412 g/mol. The summed E-state index contributed by atoms with van der Waals surface area (Å²) in [5, 5.41) is 0. The highest BCUT2D eigenvalue weighted by Gasteiger charge is 2.29. The van der Waals surface area contributed by atoms with Crippen molar-refractivity contribution in [1.82, 2.24) is 14.8 Å². The number of benzene rings is 1. The highest BCUT2D eigenvalue weighted by Crippen LogP contribution is 2.28. The normalized spacial score (nSPS) is 20.1. The van der Waals surface area contributed by atoms with Gasteiger partial charge in [-0.05, 0) is 81.3 Å². The smallest absolute Gasteiger partial charge is 0.236 e. The van der Waals surface area contributed by atoms with Crippen LogP contribution in [0.25, 0.3) is 0 Å². The Kier molecular flexibility index (Phi) is 7.43. The molecule has 6 heteroatoms. The second kappa shape index (κ2) is 10.5. The Balaban J connectivity index is 1.38. The molecule has 2 aliphatic rings. The quantitative estimate of drug-likeness (QED) is 0.736. The van der Waals surface area contributed by atoms with E-state index in [0.29, 0.717) is 38.4 Å². The molecule has 0 radical (unpaired) electrons. The number of rotatable bonds is 6. The van der Waals surface area contributed by atoms with E-state index in [2.05, 4.69) is 55.1 Å². The van der Waals surface area contributed by atoms with E-state index in [1.807, 2.05) is 4.90 Å². The summed E-state index contributed by atoms with van der Waals surface area (Å²) < 4.78 is 0. The van der Waals surface area contributed by atoms with Crippen LogP contribution >= 0.6 is 0 Å². The number of nitrogens with zero attached hydrogens (tertiary/aromatic N) is 3. The first kappa shape index (κ1) is 23.4. The third-order valence-corrected chi connectivity index (χ3v) is 7.22. The van der Waals surface area contributed by atoms with Crippen molar-refractivity contribution in [2.24, 2.45) is 11.7 Å². The second-order valence-electron chi connectivity index (χ2n) is 9.78. The lowest BCUT2D eigenvalue weighted by molar-refractivity contribution is -0.136. The summed E-state index contributed by atoms with van der Waals surface area (Å²) in [6.45, 7) is 7.75. The molecule has 2 aliphatic heterocycles. The number of amides is 2. The van der Waals surface area contributed by atoms with Gasteiger partial charge in [-0.1, -0.05) is 24.3 Å². The topological polar surface area (TPSA) is 79.5 Å². The molecule has 2 N–H and O–H groups in total. The molecule has 3 heterocycles. The van der Waals surface area contributed by atoms with Gasteiger partial charge in [0.05, 0.1) is 6.54 Å². The molecule has 0 unspecified atom stereocenters. The zero-order chi connectivity index (χ0) is 23.4. The van der Waals surface area contributed by atoms with Crippen LogP contribution in [0.15, 0.2) is 36.4 Å².